The predicted molar refractivity (Wildman–Crippen MR) is 88.2 cm³/mol. The van der Waals surface area contributed by atoms with Gasteiger partial charge >= 0.3 is 5.97 Å². The van der Waals surface area contributed by atoms with E-state index in [1.165, 1.54) is 28.8 Å². The molecule has 0 aromatic carbocycles. The van der Waals surface area contributed by atoms with E-state index in [1.807, 2.05) is 0 Å². The highest BCUT2D eigenvalue weighted by Gasteiger charge is 2.58. The van der Waals surface area contributed by atoms with Gasteiger partial charge in [0, 0.05) is 0 Å². The molecule has 96 valence electrons. The normalized spacial score (nSPS) is 18.9. The third-order valence-corrected chi connectivity index (χ3v) is 12.6. The molecule has 0 amide bonds. The first-order chi connectivity index (χ1) is 6.89. The van der Waals surface area contributed by atoms with Crippen LogP contribution in [0.2, 0.25) is 0 Å². The van der Waals surface area contributed by atoms with Crippen LogP contribution in [-0.2, 0) is 14.9 Å². The van der Waals surface area contributed by atoms with Crippen molar-refractivity contribution in [2.45, 2.75) is 9.56 Å². The molecule has 0 aliphatic rings. The Hall–Kier alpha value is 1.88. The second kappa shape index (κ2) is 5.89. The first-order valence-corrected chi connectivity index (χ1v) is 9.49. The zero-order valence-electron chi connectivity index (χ0n) is 7.72. The van der Waals surface area contributed by atoms with Crippen molar-refractivity contribution in [1.29, 1.82) is 0 Å². The zero-order chi connectivity index (χ0) is 13.4. The van der Waals surface area contributed by atoms with Crippen LogP contribution >= 0.6 is 79.5 Å². The van der Waals surface area contributed by atoms with Crippen LogP contribution in [0.5, 0.6) is 0 Å². The minimum atomic E-state index is -4.39. The summed E-state index contributed by atoms with van der Waals surface area (Å²) >= 11 is 5.56. The molecule has 2 unspecified atom stereocenters. The topological polar surface area (TPSA) is 118 Å². The Kier molecular flexibility index (Phi) is 6.58. The van der Waals surface area contributed by atoms with E-state index in [9.17, 15) is 13.2 Å². The first-order valence-electron chi connectivity index (χ1n) is 3.47. The van der Waals surface area contributed by atoms with Crippen LogP contribution in [-0.4, -0.2) is 39.9 Å². The highest BCUT2D eigenvalue weighted by Crippen LogP contribution is 2.49. The molecule has 0 aromatic rings. The smallest absolute Gasteiger partial charge is 0.336 e. The zero-order valence-corrected chi connectivity index (χ0v) is 15.8. The van der Waals surface area contributed by atoms with E-state index in [-0.39, 0.29) is 0 Å². The standard InChI is InChI=1S/C5H8I3NO5S2/c1-15-3(16(12,13)14)4(6,7)5(8,9)2(10)11/h3H,9H2,1H3,(H,10,11)(H,12,13,14). The van der Waals surface area contributed by atoms with Crippen LogP contribution in [0, 0.1) is 0 Å². The Labute approximate surface area is 138 Å². The van der Waals surface area contributed by atoms with E-state index >= 15 is 0 Å². The maximum absolute atomic E-state index is 11.2. The fourth-order valence-corrected chi connectivity index (χ4v) is 7.43. The van der Waals surface area contributed by atoms with E-state index in [1.54, 1.807) is 45.2 Å². The predicted octanol–water partition coefficient (Wildman–Crippen LogP) is 1.30. The number of hydrogen-bond acceptors (Lipinski definition) is 5. The van der Waals surface area contributed by atoms with E-state index < -0.39 is 25.6 Å². The number of carboxylic acid groups (broad SMARTS) is 1. The summed E-state index contributed by atoms with van der Waals surface area (Å²) in [5, 5.41) is 8.96. The van der Waals surface area contributed by atoms with E-state index in [4.69, 9.17) is 15.4 Å². The molecule has 0 saturated heterocycles. The molecule has 2 atom stereocenters. The number of hydrogen-bond donors (Lipinski definition) is 3. The molecular weight excluding hydrogens is 599 g/mol. The summed E-state index contributed by atoms with van der Waals surface area (Å²) in [6.07, 6.45) is 1.46. The fourth-order valence-electron chi connectivity index (χ4n) is 0.771. The lowest BCUT2D eigenvalue weighted by molar-refractivity contribution is -0.139. The average Bonchev–Trinajstić information content (AvgIpc) is 2.00. The average molecular weight is 607 g/mol. The molecule has 0 saturated carbocycles. The third kappa shape index (κ3) is 3.69. The number of rotatable bonds is 5. The fraction of sp³-hybridized carbons (Fsp3) is 0.800. The van der Waals surface area contributed by atoms with Crippen molar-refractivity contribution in [2.24, 2.45) is 5.73 Å². The highest BCUT2D eigenvalue weighted by molar-refractivity contribution is 14.2. The molecule has 0 radical (unpaired) electrons. The van der Waals surface area contributed by atoms with Crippen molar-refractivity contribution in [3.8, 4) is 0 Å². The number of carbonyl (C=O) groups is 1. The molecule has 16 heavy (non-hydrogen) atoms. The lowest BCUT2D eigenvalue weighted by Crippen LogP contribution is -2.60. The third-order valence-electron chi connectivity index (χ3n) is 1.58. The van der Waals surface area contributed by atoms with Crippen molar-refractivity contribution < 1.29 is 22.9 Å². The van der Waals surface area contributed by atoms with Gasteiger partial charge in [-0.3, -0.25) is 4.55 Å². The van der Waals surface area contributed by atoms with E-state index in [2.05, 4.69) is 0 Å². The quantitative estimate of drug-likeness (QED) is 0.187. The molecular formula is C5H8I3NO5S2. The SMILES string of the molecule is CSC(C(I)(I)C(N)(I)C(=O)O)S(=O)(=O)O. The van der Waals surface area contributed by atoms with Gasteiger partial charge in [-0.25, -0.2) is 4.79 Å². The molecule has 6 nitrogen and oxygen atoms in total. The molecule has 0 spiro atoms. The summed E-state index contributed by atoms with van der Waals surface area (Å²) in [6.45, 7) is 0. The summed E-state index contributed by atoms with van der Waals surface area (Å²) in [6, 6.07) is 0. The molecule has 0 aliphatic carbocycles. The van der Waals surface area contributed by atoms with Crippen molar-refractivity contribution in [1.82, 2.24) is 0 Å². The van der Waals surface area contributed by atoms with E-state index in [0.717, 1.165) is 11.8 Å². The molecule has 0 heterocycles. The Morgan fingerprint density at radius 3 is 2.00 bits per heavy atom. The van der Waals surface area contributed by atoms with E-state index in [0.29, 0.717) is 0 Å². The summed E-state index contributed by atoms with van der Waals surface area (Å²) in [5.41, 5.74) is 5.59. The summed E-state index contributed by atoms with van der Waals surface area (Å²) in [7, 11) is -4.39. The number of aliphatic carboxylic acids is 1. The van der Waals surface area contributed by atoms with Gasteiger partial charge in [-0.1, -0.05) is 45.2 Å². The van der Waals surface area contributed by atoms with Crippen molar-refractivity contribution >= 4 is 95.6 Å². The molecule has 0 aliphatic heterocycles. The van der Waals surface area contributed by atoms with Gasteiger partial charge in [-0.2, -0.15) is 8.42 Å². The second-order valence-corrected chi connectivity index (χ2v) is 12.6. The number of carboxylic acids is 1. The minimum Gasteiger partial charge on any atom is -0.479 e. The lowest BCUT2D eigenvalue weighted by atomic mass is 10.2. The minimum absolute atomic E-state index is 0.827. The number of thioether (sulfide) groups is 1. The first kappa shape index (κ1) is 17.9. The second-order valence-electron chi connectivity index (χ2n) is 2.72. The maximum Gasteiger partial charge on any atom is 0.336 e. The number of alkyl halides is 3. The van der Waals surface area contributed by atoms with Gasteiger partial charge in [-0.05, 0) is 28.8 Å². The van der Waals surface area contributed by atoms with Gasteiger partial charge < -0.3 is 10.8 Å². The van der Waals surface area contributed by atoms with Crippen LogP contribution in [0.15, 0.2) is 0 Å². The van der Waals surface area contributed by atoms with Gasteiger partial charge in [0.15, 0.2) is 8.13 Å². The van der Waals surface area contributed by atoms with Gasteiger partial charge in [-0.15, -0.1) is 11.8 Å². The number of nitrogens with two attached hydrogens (primary N) is 1. The van der Waals surface area contributed by atoms with Crippen LogP contribution in [0.3, 0.4) is 0 Å². The Bertz CT molecular complexity index is 382. The van der Waals surface area contributed by atoms with Crippen LogP contribution < -0.4 is 5.73 Å². The summed E-state index contributed by atoms with van der Waals surface area (Å²) < 4.78 is 26.8. The lowest BCUT2D eigenvalue weighted by Gasteiger charge is -2.36. The molecule has 11 heteroatoms. The van der Waals surface area contributed by atoms with Crippen molar-refractivity contribution in [2.75, 3.05) is 6.26 Å². The largest absolute Gasteiger partial charge is 0.479 e. The molecule has 0 fully saturated rings. The Balaban J connectivity index is 5.58. The Morgan fingerprint density at radius 1 is 1.44 bits per heavy atom. The van der Waals surface area contributed by atoms with Crippen LogP contribution in [0.1, 0.15) is 0 Å². The van der Waals surface area contributed by atoms with Crippen LogP contribution in [0.4, 0.5) is 0 Å². The molecule has 4 N–H and O–H groups in total. The van der Waals surface area contributed by atoms with Crippen molar-refractivity contribution in [3.05, 3.63) is 0 Å². The van der Waals surface area contributed by atoms with Gasteiger partial charge in [0.1, 0.15) is 1.43 Å². The Morgan fingerprint density at radius 2 is 1.81 bits per heavy atom. The summed E-state index contributed by atoms with van der Waals surface area (Å²) in [5.74, 6) is -1.35. The highest BCUT2D eigenvalue weighted by atomic mass is 127. The molecule has 0 aromatic heterocycles. The van der Waals surface area contributed by atoms with Crippen LogP contribution in [0.25, 0.3) is 0 Å². The molecule has 0 bridgehead atoms. The van der Waals surface area contributed by atoms with Crippen molar-refractivity contribution in [3.63, 3.8) is 0 Å². The number of halogens is 3. The maximum atomic E-state index is 11.2. The monoisotopic (exact) mass is 607 g/mol. The summed E-state index contributed by atoms with van der Waals surface area (Å²) in [4.78, 5) is 11.0. The molecule has 0 rings (SSSR count). The van der Waals surface area contributed by atoms with Gasteiger partial charge in [0.25, 0.3) is 10.1 Å². The van der Waals surface area contributed by atoms with Gasteiger partial charge in [0.2, 0.25) is 0 Å². The van der Waals surface area contributed by atoms with Gasteiger partial charge in [0.05, 0.1) is 0 Å².